The molecule has 4 heterocycles. The molecule has 0 unspecified atom stereocenters. The largest absolute Gasteiger partial charge is 0.460 e. The van der Waals surface area contributed by atoms with Crippen LogP contribution in [0.15, 0.2) is 48.5 Å². The lowest BCUT2D eigenvalue weighted by Gasteiger charge is -2.39. The van der Waals surface area contributed by atoms with E-state index < -0.39 is 40.7 Å². The fraction of sp³-hybridized carbons (Fsp3) is 0.467. The summed E-state index contributed by atoms with van der Waals surface area (Å²) in [4.78, 5) is 2.72. The van der Waals surface area contributed by atoms with E-state index in [-0.39, 0.29) is 27.2 Å². The van der Waals surface area contributed by atoms with Crippen molar-refractivity contribution in [1.29, 1.82) is 0 Å². The Balaban J connectivity index is 1.49. The van der Waals surface area contributed by atoms with Crippen molar-refractivity contribution in [2.24, 2.45) is 0 Å². The van der Waals surface area contributed by atoms with Crippen LogP contribution in [-0.2, 0) is 12.3 Å². The summed E-state index contributed by atoms with van der Waals surface area (Å²) in [5.74, 6) is -37.1. The van der Waals surface area contributed by atoms with Crippen LogP contribution in [0.2, 0.25) is 0 Å². The van der Waals surface area contributed by atoms with Crippen LogP contribution in [0.1, 0.15) is 55.2 Å². The van der Waals surface area contributed by atoms with Crippen molar-refractivity contribution in [2.75, 3.05) is 0 Å². The Morgan fingerprint density at radius 1 is 0.426 bits per heavy atom. The topological polar surface area (TPSA) is 0 Å². The molecule has 0 bridgehead atoms. The number of halogens is 13. The standard InChI is InChI=1S/C30H25F13S4/c1-2-3-4-5-6-7-8-17-9-10-18(44-17)19-11-12-20(45-19)21-13-14-22(46-21)23-15-16-24(47-23)25(31,32)26(33,34)27(35,36)28(37,38)29(39,40)30(41,42)43/h9-16H,2-8H2,1H3. The van der Waals surface area contributed by atoms with Crippen LogP contribution in [0.3, 0.4) is 0 Å². The van der Waals surface area contributed by atoms with Crippen LogP contribution in [0.25, 0.3) is 29.3 Å². The first kappa shape index (κ1) is 37.7. The highest BCUT2D eigenvalue weighted by molar-refractivity contribution is 7.28. The van der Waals surface area contributed by atoms with E-state index in [0.717, 1.165) is 51.3 Å². The van der Waals surface area contributed by atoms with Gasteiger partial charge in [0.2, 0.25) is 0 Å². The predicted molar refractivity (Wildman–Crippen MR) is 161 cm³/mol. The van der Waals surface area contributed by atoms with Crippen LogP contribution in [0, 0.1) is 0 Å². The zero-order chi connectivity index (χ0) is 35.1. The molecule has 4 aromatic heterocycles. The quantitative estimate of drug-likeness (QED) is 0.0836. The van der Waals surface area contributed by atoms with Crippen molar-refractivity contribution in [3.05, 3.63) is 58.3 Å². The molecule has 17 heteroatoms. The second-order valence-electron chi connectivity index (χ2n) is 10.6. The van der Waals surface area contributed by atoms with Gasteiger partial charge in [-0.3, -0.25) is 0 Å². The number of hydrogen-bond donors (Lipinski definition) is 0. The zero-order valence-electron chi connectivity index (χ0n) is 24.1. The van der Waals surface area contributed by atoms with Gasteiger partial charge in [-0.1, -0.05) is 39.0 Å². The maximum Gasteiger partial charge on any atom is 0.460 e. The minimum absolute atomic E-state index is 0.184. The fourth-order valence-corrected chi connectivity index (χ4v) is 8.84. The average molecular weight is 761 g/mol. The molecular weight excluding hydrogens is 736 g/mol. The van der Waals surface area contributed by atoms with Gasteiger partial charge in [-0.25, -0.2) is 0 Å². The summed E-state index contributed by atoms with van der Waals surface area (Å²) < 4.78 is 177. The molecule has 0 aliphatic carbocycles. The third-order valence-electron chi connectivity index (χ3n) is 7.23. The molecule has 0 N–H and O–H groups in total. The van der Waals surface area contributed by atoms with Gasteiger partial charge in [0, 0.05) is 34.1 Å². The van der Waals surface area contributed by atoms with Crippen molar-refractivity contribution in [2.45, 2.75) is 87.7 Å². The maximum absolute atomic E-state index is 14.7. The van der Waals surface area contributed by atoms with Crippen molar-refractivity contribution in [3.63, 3.8) is 0 Å². The van der Waals surface area contributed by atoms with E-state index in [0.29, 0.717) is 4.88 Å². The van der Waals surface area contributed by atoms with Crippen molar-refractivity contribution < 1.29 is 57.1 Å². The highest BCUT2D eigenvalue weighted by Crippen LogP contribution is 2.62. The second kappa shape index (κ2) is 13.7. The van der Waals surface area contributed by atoms with Gasteiger partial charge in [0.15, 0.2) is 0 Å². The van der Waals surface area contributed by atoms with Gasteiger partial charge in [0.25, 0.3) is 0 Å². The maximum atomic E-state index is 14.7. The van der Waals surface area contributed by atoms with Crippen LogP contribution >= 0.6 is 45.3 Å². The van der Waals surface area contributed by atoms with E-state index in [2.05, 4.69) is 13.0 Å². The second-order valence-corrected chi connectivity index (χ2v) is 15.1. The minimum Gasteiger partial charge on any atom is -0.193 e. The molecule has 0 aliphatic rings. The van der Waals surface area contributed by atoms with Crippen LogP contribution in [0.5, 0.6) is 0 Å². The molecule has 0 saturated heterocycles. The van der Waals surface area contributed by atoms with Crippen molar-refractivity contribution in [1.82, 2.24) is 0 Å². The molecule has 0 spiro atoms. The molecule has 260 valence electrons. The monoisotopic (exact) mass is 760 g/mol. The van der Waals surface area contributed by atoms with Gasteiger partial charge in [0.05, 0.1) is 4.88 Å². The highest BCUT2D eigenvalue weighted by atomic mass is 32.1. The summed E-state index contributed by atoms with van der Waals surface area (Å²) in [6, 6.07) is 11.8. The zero-order valence-corrected chi connectivity index (χ0v) is 27.4. The summed E-state index contributed by atoms with van der Waals surface area (Å²) in [5.41, 5.74) is 0. The number of unbranched alkanes of at least 4 members (excludes halogenated alkanes) is 5. The summed E-state index contributed by atoms with van der Waals surface area (Å²) in [6.45, 7) is 2.16. The first-order chi connectivity index (χ1) is 21.7. The first-order valence-corrected chi connectivity index (χ1v) is 17.3. The van der Waals surface area contributed by atoms with Crippen molar-refractivity contribution >= 4 is 45.3 Å². The van der Waals surface area contributed by atoms with Gasteiger partial charge in [0.1, 0.15) is 0 Å². The summed E-state index contributed by atoms with van der Waals surface area (Å²) >= 11 is 3.89. The first-order valence-electron chi connectivity index (χ1n) is 14.0. The Labute approximate surface area is 276 Å². The lowest BCUT2D eigenvalue weighted by Crippen LogP contribution is -2.69. The molecule has 0 aliphatic heterocycles. The van der Waals surface area contributed by atoms with Crippen LogP contribution < -0.4 is 0 Å². The number of thiophene rings is 4. The molecule has 0 saturated carbocycles. The average Bonchev–Trinajstić information content (AvgIpc) is 3.79. The number of alkyl halides is 13. The van der Waals surface area contributed by atoms with E-state index in [4.69, 9.17) is 0 Å². The van der Waals surface area contributed by atoms with Crippen LogP contribution in [-0.4, -0.2) is 29.9 Å². The Hall–Kier alpha value is -2.11. The minimum atomic E-state index is -7.92. The molecule has 47 heavy (non-hydrogen) atoms. The third-order valence-corrected chi connectivity index (χ3v) is 12.3. The van der Waals surface area contributed by atoms with Gasteiger partial charge in [-0.05, 0) is 61.4 Å². The van der Waals surface area contributed by atoms with Gasteiger partial charge in [-0.15, -0.1) is 45.3 Å². The molecule has 0 amide bonds. The predicted octanol–water partition coefficient (Wildman–Crippen LogP) is 14.0. The molecule has 4 rings (SSSR count). The summed E-state index contributed by atoms with van der Waals surface area (Å²) in [6.07, 6.45) is 0.614. The normalized spacial score (nSPS) is 13.9. The van der Waals surface area contributed by atoms with E-state index in [9.17, 15) is 57.1 Å². The number of rotatable bonds is 15. The molecule has 0 fully saturated rings. The molecule has 0 radical (unpaired) electrons. The van der Waals surface area contributed by atoms with Crippen LogP contribution in [0.4, 0.5) is 57.1 Å². The molecule has 0 aromatic carbocycles. The lowest BCUT2D eigenvalue weighted by molar-refractivity contribution is -0.441. The van der Waals surface area contributed by atoms with E-state index in [1.54, 1.807) is 17.4 Å². The highest BCUT2D eigenvalue weighted by Gasteiger charge is 2.91. The van der Waals surface area contributed by atoms with Gasteiger partial charge in [-0.2, -0.15) is 57.1 Å². The Morgan fingerprint density at radius 3 is 1.34 bits per heavy atom. The summed E-state index contributed by atoms with van der Waals surface area (Å²) in [5, 5.41) is 0. The lowest BCUT2D eigenvalue weighted by atomic mass is 9.93. The number of hydrogen-bond acceptors (Lipinski definition) is 4. The van der Waals surface area contributed by atoms with E-state index >= 15 is 0 Å². The molecule has 0 nitrogen and oxygen atoms in total. The fourth-order valence-electron chi connectivity index (χ4n) is 4.49. The third kappa shape index (κ3) is 7.00. The SMILES string of the molecule is CCCCCCCCc1ccc(-c2ccc(-c3ccc(-c4ccc(C(F)(F)C(F)(F)C(F)(F)C(F)(F)C(F)(F)C(F)(F)F)s4)s3)s2)s1. The molecule has 0 atom stereocenters. The Kier molecular flexibility index (Phi) is 11.0. The van der Waals surface area contributed by atoms with Gasteiger partial charge < -0.3 is 0 Å². The molecule has 4 aromatic rings. The number of aryl methyl sites for hydroxylation is 1. The van der Waals surface area contributed by atoms with Gasteiger partial charge >= 0.3 is 35.8 Å². The Morgan fingerprint density at radius 2 is 0.830 bits per heavy atom. The van der Waals surface area contributed by atoms with E-state index in [1.165, 1.54) is 48.0 Å². The molecular formula is C30H25F13S4. The van der Waals surface area contributed by atoms with E-state index in [1.807, 2.05) is 18.2 Å². The summed E-state index contributed by atoms with van der Waals surface area (Å²) in [7, 11) is 0. The smallest absolute Gasteiger partial charge is 0.193 e. The Bertz CT molecular complexity index is 1620. The van der Waals surface area contributed by atoms with Crippen molar-refractivity contribution in [3.8, 4) is 29.3 Å².